The zero-order valence-electron chi connectivity index (χ0n) is 13.3. The first kappa shape index (κ1) is 13.8. The lowest BCUT2D eigenvalue weighted by Gasteiger charge is -2.55. The number of hydrogen-bond acceptors (Lipinski definition) is 2. The Balaban J connectivity index is 1.99. The van der Waals surface area contributed by atoms with Crippen molar-refractivity contribution >= 4 is 0 Å². The van der Waals surface area contributed by atoms with Crippen LogP contribution >= 0.6 is 0 Å². The Morgan fingerprint density at radius 2 is 1.91 bits per heavy atom. The molecule has 0 spiro atoms. The van der Waals surface area contributed by atoms with Crippen LogP contribution in [0.3, 0.4) is 0 Å². The first-order chi connectivity index (χ1) is 10.6. The summed E-state index contributed by atoms with van der Waals surface area (Å²) >= 11 is 0. The maximum Gasteiger partial charge on any atom is 0.115 e. The van der Waals surface area contributed by atoms with E-state index in [9.17, 15) is 5.11 Å². The molecule has 1 saturated heterocycles. The van der Waals surface area contributed by atoms with Crippen molar-refractivity contribution in [1.82, 2.24) is 4.90 Å². The number of benzene rings is 2. The van der Waals surface area contributed by atoms with Crippen molar-refractivity contribution < 1.29 is 5.11 Å². The average Bonchev–Trinajstić information content (AvgIpc) is 2.53. The molecule has 0 radical (unpaired) electrons. The minimum atomic E-state index is 0.0325. The van der Waals surface area contributed by atoms with Crippen LogP contribution in [-0.4, -0.2) is 29.6 Å². The highest BCUT2D eigenvalue weighted by molar-refractivity contribution is 5.51. The number of phenolic OH excluding ortho intramolecular Hbond substituents is 1. The number of piperidine rings is 1. The summed E-state index contributed by atoms with van der Waals surface area (Å²) < 4.78 is 0. The van der Waals surface area contributed by atoms with Crippen LogP contribution in [0.25, 0.3) is 0 Å². The molecule has 0 unspecified atom stereocenters. The molecule has 114 valence electrons. The second kappa shape index (κ2) is 4.85. The Bertz CT molecular complexity index is 696. The van der Waals surface area contributed by atoms with Gasteiger partial charge in [0, 0.05) is 11.5 Å². The molecule has 1 fully saturated rings. The Kier molecular flexibility index (Phi) is 3.05. The molecule has 2 aliphatic rings. The Morgan fingerprint density at radius 3 is 2.68 bits per heavy atom. The largest absolute Gasteiger partial charge is 0.508 e. The lowest BCUT2D eigenvalue weighted by Crippen LogP contribution is -2.58. The second-order valence-electron chi connectivity index (χ2n) is 6.97. The van der Waals surface area contributed by atoms with E-state index in [-0.39, 0.29) is 5.41 Å². The first-order valence-corrected chi connectivity index (χ1v) is 8.21. The highest BCUT2D eigenvalue weighted by atomic mass is 16.3. The van der Waals surface area contributed by atoms with Crippen molar-refractivity contribution in [1.29, 1.82) is 0 Å². The molecule has 1 aliphatic heterocycles. The molecule has 0 aromatic heterocycles. The van der Waals surface area contributed by atoms with E-state index in [1.54, 1.807) is 0 Å². The van der Waals surface area contributed by atoms with Gasteiger partial charge in [-0.15, -0.1) is 0 Å². The van der Waals surface area contributed by atoms with Crippen molar-refractivity contribution in [2.24, 2.45) is 5.92 Å². The minimum absolute atomic E-state index is 0.0325. The van der Waals surface area contributed by atoms with Crippen LogP contribution in [-0.2, 0) is 11.8 Å². The van der Waals surface area contributed by atoms with Crippen LogP contribution in [0.1, 0.15) is 30.0 Å². The van der Waals surface area contributed by atoms with Crippen LogP contribution in [0.4, 0.5) is 0 Å². The summed E-state index contributed by atoms with van der Waals surface area (Å²) in [6.07, 6.45) is 2.20. The van der Waals surface area contributed by atoms with Gasteiger partial charge in [-0.2, -0.15) is 0 Å². The van der Waals surface area contributed by atoms with Crippen LogP contribution in [0.5, 0.6) is 5.75 Å². The topological polar surface area (TPSA) is 23.5 Å². The van der Waals surface area contributed by atoms with Crippen molar-refractivity contribution in [3.05, 3.63) is 65.2 Å². The number of hydrogen-bond donors (Lipinski definition) is 1. The molecule has 0 amide bonds. The zero-order chi connectivity index (χ0) is 15.3. The van der Waals surface area contributed by atoms with Gasteiger partial charge in [0.1, 0.15) is 5.75 Å². The Morgan fingerprint density at radius 1 is 1.14 bits per heavy atom. The molecule has 0 saturated carbocycles. The quantitative estimate of drug-likeness (QED) is 0.869. The van der Waals surface area contributed by atoms with Gasteiger partial charge in [0.15, 0.2) is 0 Å². The molecule has 2 bridgehead atoms. The van der Waals surface area contributed by atoms with Crippen molar-refractivity contribution in [2.75, 3.05) is 13.6 Å². The van der Waals surface area contributed by atoms with Gasteiger partial charge in [0.2, 0.25) is 0 Å². The third-order valence-corrected chi connectivity index (χ3v) is 6.07. The number of fused-ring (bicyclic) bond motifs is 4. The van der Waals surface area contributed by atoms with Crippen LogP contribution < -0.4 is 0 Å². The zero-order valence-corrected chi connectivity index (χ0v) is 13.3. The van der Waals surface area contributed by atoms with Crippen molar-refractivity contribution in [3.63, 3.8) is 0 Å². The highest BCUT2D eigenvalue weighted by Gasteiger charge is 2.51. The summed E-state index contributed by atoms with van der Waals surface area (Å²) in [7, 11) is 2.25. The number of likely N-dealkylation sites (tertiary alicyclic amines) is 1. The average molecular weight is 293 g/mol. The summed E-state index contributed by atoms with van der Waals surface area (Å²) in [5.41, 5.74) is 4.17. The van der Waals surface area contributed by atoms with Crippen LogP contribution in [0.2, 0.25) is 0 Å². The maximum absolute atomic E-state index is 10.1. The highest BCUT2D eigenvalue weighted by Crippen LogP contribution is 2.52. The number of phenols is 1. The lowest BCUT2D eigenvalue weighted by molar-refractivity contribution is 0.0613. The van der Waals surface area contributed by atoms with E-state index in [1.807, 2.05) is 12.1 Å². The van der Waals surface area contributed by atoms with Gasteiger partial charge in [0.25, 0.3) is 0 Å². The van der Waals surface area contributed by atoms with Gasteiger partial charge in [-0.25, -0.2) is 0 Å². The molecule has 1 aliphatic carbocycles. The Hall–Kier alpha value is -1.80. The fourth-order valence-corrected chi connectivity index (χ4v) is 4.85. The molecular formula is C20H23NO. The van der Waals surface area contributed by atoms with Gasteiger partial charge in [-0.1, -0.05) is 43.3 Å². The SMILES string of the molecule is C[C@@H]1[C@H]2Cc3ccc(O)cc3[C@]1(c1ccccc1)CCN2C. The van der Waals surface area contributed by atoms with E-state index in [4.69, 9.17) is 0 Å². The maximum atomic E-state index is 10.1. The van der Waals surface area contributed by atoms with Crippen LogP contribution in [0, 0.1) is 5.92 Å². The summed E-state index contributed by atoms with van der Waals surface area (Å²) in [6, 6.07) is 17.4. The minimum Gasteiger partial charge on any atom is -0.508 e. The molecule has 1 heterocycles. The summed E-state index contributed by atoms with van der Waals surface area (Å²) in [5.74, 6) is 0.932. The van der Waals surface area contributed by atoms with E-state index in [1.165, 1.54) is 16.7 Å². The molecule has 1 N–H and O–H groups in total. The summed E-state index contributed by atoms with van der Waals surface area (Å²) in [5, 5.41) is 10.1. The fraction of sp³-hybridized carbons (Fsp3) is 0.400. The van der Waals surface area contributed by atoms with E-state index >= 15 is 0 Å². The third-order valence-electron chi connectivity index (χ3n) is 6.07. The molecule has 22 heavy (non-hydrogen) atoms. The van der Waals surface area contributed by atoms with Gasteiger partial charge in [-0.05, 0) is 61.2 Å². The normalized spacial score (nSPS) is 30.8. The number of nitrogens with zero attached hydrogens (tertiary/aromatic N) is 1. The summed E-state index contributed by atoms with van der Waals surface area (Å²) in [6.45, 7) is 3.50. The standard InChI is InChI=1S/C20H23NO/c1-14-19-12-15-8-9-17(22)13-18(15)20(14,10-11-21(19)2)16-6-4-3-5-7-16/h3-9,13-14,19,22H,10-12H2,1-2H3/t14-,19-,20-/m1/s1. The molecular weight excluding hydrogens is 270 g/mol. The van der Waals surface area contributed by atoms with E-state index in [2.05, 4.69) is 55.3 Å². The molecule has 2 nitrogen and oxygen atoms in total. The van der Waals surface area contributed by atoms with E-state index in [0.29, 0.717) is 17.7 Å². The number of likely N-dealkylation sites (N-methyl/N-ethyl adjacent to an activating group) is 1. The predicted octanol–water partition coefficient (Wildman–Crippen LogP) is 3.57. The lowest BCUT2D eigenvalue weighted by atomic mass is 9.55. The Labute approximate surface area is 132 Å². The fourth-order valence-electron chi connectivity index (χ4n) is 4.85. The number of rotatable bonds is 1. The van der Waals surface area contributed by atoms with E-state index in [0.717, 1.165) is 19.4 Å². The number of aromatic hydroxyl groups is 1. The van der Waals surface area contributed by atoms with Crippen molar-refractivity contribution in [2.45, 2.75) is 31.2 Å². The summed E-state index contributed by atoms with van der Waals surface area (Å²) in [4.78, 5) is 2.52. The predicted molar refractivity (Wildman–Crippen MR) is 89.2 cm³/mol. The second-order valence-corrected chi connectivity index (χ2v) is 6.97. The smallest absolute Gasteiger partial charge is 0.115 e. The van der Waals surface area contributed by atoms with Crippen LogP contribution in [0.15, 0.2) is 48.5 Å². The monoisotopic (exact) mass is 293 g/mol. The molecule has 2 aromatic carbocycles. The molecule has 3 atom stereocenters. The van der Waals surface area contributed by atoms with Gasteiger partial charge < -0.3 is 10.0 Å². The molecule has 2 aromatic rings. The van der Waals surface area contributed by atoms with Gasteiger partial charge in [0.05, 0.1) is 0 Å². The van der Waals surface area contributed by atoms with Crippen molar-refractivity contribution in [3.8, 4) is 5.75 Å². The molecule has 4 rings (SSSR count). The third kappa shape index (κ3) is 1.77. The van der Waals surface area contributed by atoms with Gasteiger partial charge >= 0.3 is 0 Å². The first-order valence-electron chi connectivity index (χ1n) is 8.21. The van der Waals surface area contributed by atoms with E-state index < -0.39 is 0 Å². The molecule has 2 heteroatoms. The van der Waals surface area contributed by atoms with Gasteiger partial charge in [-0.3, -0.25) is 0 Å².